The van der Waals surface area contributed by atoms with Crippen LogP contribution in [0.15, 0.2) is 29.3 Å². The zero-order valence-corrected chi connectivity index (χ0v) is 10.5. The van der Waals surface area contributed by atoms with Gasteiger partial charge < -0.3 is 21.5 Å². The first-order valence-electron chi connectivity index (χ1n) is 5.55. The molecule has 6 nitrogen and oxygen atoms in total. The molecule has 0 saturated carbocycles. The van der Waals surface area contributed by atoms with Gasteiger partial charge in [0.1, 0.15) is 0 Å². The fourth-order valence-electron chi connectivity index (χ4n) is 1.60. The number of nitrogens with one attached hydrogen (secondary N) is 2. The molecule has 5 N–H and O–H groups in total. The third kappa shape index (κ3) is 4.06. The van der Waals surface area contributed by atoms with Gasteiger partial charge in [-0.05, 0) is 24.7 Å². The summed E-state index contributed by atoms with van der Waals surface area (Å²) in [6.07, 6.45) is 0.0251. The summed E-state index contributed by atoms with van der Waals surface area (Å²) >= 11 is 0. The van der Waals surface area contributed by atoms with Gasteiger partial charge in [0.15, 0.2) is 5.96 Å². The van der Waals surface area contributed by atoms with E-state index in [2.05, 4.69) is 15.6 Å². The zero-order valence-electron chi connectivity index (χ0n) is 10.5. The van der Waals surface area contributed by atoms with Crippen molar-refractivity contribution in [2.24, 2.45) is 10.7 Å². The maximum absolute atomic E-state index is 10.8. The molecule has 1 rings (SSSR count). The number of aliphatic imine (C=N–C) groups is 1. The molecule has 0 amide bonds. The minimum Gasteiger partial charge on any atom is -0.481 e. The van der Waals surface area contributed by atoms with Gasteiger partial charge in [0.2, 0.25) is 0 Å². The molecule has 98 valence electrons. The standard InChI is InChI=1S/C12H18N4O2/c1-14-10(7-11(17)18)8-4-3-5-9(6-8)16-12(13)15-2/h3-6,10,14H,7H2,1-2H3,(H,17,18)(H3,13,15,16). The molecule has 1 aromatic rings. The highest BCUT2D eigenvalue weighted by molar-refractivity contribution is 5.92. The van der Waals surface area contributed by atoms with Crippen LogP contribution in [-0.2, 0) is 4.79 Å². The maximum Gasteiger partial charge on any atom is 0.305 e. The van der Waals surface area contributed by atoms with Crippen LogP contribution in [0.3, 0.4) is 0 Å². The van der Waals surface area contributed by atoms with Crippen molar-refractivity contribution < 1.29 is 9.90 Å². The van der Waals surface area contributed by atoms with E-state index >= 15 is 0 Å². The molecule has 18 heavy (non-hydrogen) atoms. The number of carbonyl (C=O) groups is 1. The number of carboxylic acid groups (broad SMARTS) is 1. The minimum atomic E-state index is -0.845. The SMILES string of the molecule is CN=C(N)Nc1cccc(C(CC(=O)O)NC)c1. The van der Waals surface area contributed by atoms with Crippen LogP contribution in [0.5, 0.6) is 0 Å². The number of carboxylic acids is 1. The Morgan fingerprint density at radius 2 is 2.28 bits per heavy atom. The van der Waals surface area contributed by atoms with Crippen molar-refractivity contribution in [3.05, 3.63) is 29.8 Å². The first-order valence-corrected chi connectivity index (χ1v) is 5.55. The topological polar surface area (TPSA) is 99.7 Å². The van der Waals surface area contributed by atoms with Crippen LogP contribution in [0.4, 0.5) is 5.69 Å². The van der Waals surface area contributed by atoms with Crippen LogP contribution in [-0.4, -0.2) is 31.1 Å². The molecule has 1 unspecified atom stereocenters. The fourth-order valence-corrected chi connectivity index (χ4v) is 1.60. The fraction of sp³-hybridized carbons (Fsp3) is 0.333. The molecule has 1 atom stereocenters. The quantitative estimate of drug-likeness (QED) is 0.457. The number of nitrogens with two attached hydrogens (primary N) is 1. The van der Waals surface area contributed by atoms with Gasteiger partial charge in [0.05, 0.1) is 6.42 Å². The van der Waals surface area contributed by atoms with E-state index in [0.29, 0.717) is 5.96 Å². The Labute approximate surface area is 106 Å². The van der Waals surface area contributed by atoms with Crippen LogP contribution in [0.1, 0.15) is 18.0 Å². The smallest absolute Gasteiger partial charge is 0.305 e. The van der Waals surface area contributed by atoms with Crippen LogP contribution in [0, 0.1) is 0 Å². The average Bonchev–Trinajstić information content (AvgIpc) is 2.35. The van der Waals surface area contributed by atoms with Gasteiger partial charge in [-0.25, -0.2) is 0 Å². The second-order valence-corrected chi connectivity index (χ2v) is 3.80. The van der Waals surface area contributed by atoms with E-state index in [4.69, 9.17) is 10.8 Å². The summed E-state index contributed by atoms with van der Waals surface area (Å²) in [6, 6.07) is 7.17. The van der Waals surface area contributed by atoms with Crippen molar-refractivity contribution in [3.8, 4) is 0 Å². The number of guanidine groups is 1. The summed E-state index contributed by atoms with van der Waals surface area (Å²) in [4.78, 5) is 14.6. The predicted molar refractivity (Wildman–Crippen MR) is 71.7 cm³/mol. The molecule has 0 fully saturated rings. The Hall–Kier alpha value is -2.08. The van der Waals surface area contributed by atoms with Crippen LogP contribution >= 0.6 is 0 Å². The Morgan fingerprint density at radius 1 is 1.56 bits per heavy atom. The number of anilines is 1. The molecule has 0 aliphatic rings. The maximum atomic E-state index is 10.8. The highest BCUT2D eigenvalue weighted by Crippen LogP contribution is 2.20. The molecule has 6 heteroatoms. The van der Waals surface area contributed by atoms with Crippen LogP contribution in [0.25, 0.3) is 0 Å². The van der Waals surface area contributed by atoms with E-state index in [0.717, 1.165) is 11.3 Å². The molecular weight excluding hydrogens is 232 g/mol. The summed E-state index contributed by atoms with van der Waals surface area (Å²) in [5.74, 6) is -0.534. The highest BCUT2D eigenvalue weighted by atomic mass is 16.4. The van der Waals surface area contributed by atoms with Gasteiger partial charge in [-0.15, -0.1) is 0 Å². The van der Waals surface area contributed by atoms with Crippen LogP contribution < -0.4 is 16.4 Å². The molecule has 0 heterocycles. The van der Waals surface area contributed by atoms with Crippen molar-refractivity contribution in [1.29, 1.82) is 0 Å². The van der Waals surface area contributed by atoms with E-state index in [-0.39, 0.29) is 12.5 Å². The summed E-state index contributed by atoms with van der Waals surface area (Å²) in [5.41, 5.74) is 7.24. The third-order valence-electron chi connectivity index (χ3n) is 2.53. The van der Waals surface area contributed by atoms with Crippen molar-refractivity contribution in [2.75, 3.05) is 19.4 Å². The summed E-state index contributed by atoms with van der Waals surface area (Å²) in [6.45, 7) is 0. The predicted octanol–water partition coefficient (Wildman–Crippen LogP) is 0.778. The summed E-state index contributed by atoms with van der Waals surface area (Å²) < 4.78 is 0. The van der Waals surface area contributed by atoms with Gasteiger partial charge in [-0.2, -0.15) is 0 Å². The third-order valence-corrected chi connectivity index (χ3v) is 2.53. The van der Waals surface area contributed by atoms with Gasteiger partial charge in [0, 0.05) is 18.8 Å². The zero-order chi connectivity index (χ0) is 13.5. The number of hydrogen-bond donors (Lipinski definition) is 4. The van der Waals surface area contributed by atoms with Crippen molar-refractivity contribution >= 4 is 17.6 Å². The van der Waals surface area contributed by atoms with E-state index in [1.807, 2.05) is 24.3 Å². The van der Waals surface area contributed by atoms with Crippen LogP contribution in [0.2, 0.25) is 0 Å². The first kappa shape index (κ1) is 14.0. The van der Waals surface area contributed by atoms with Gasteiger partial charge >= 0.3 is 5.97 Å². The molecule has 0 spiro atoms. The Kier molecular flexibility index (Phi) is 5.13. The number of nitrogens with zero attached hydrogens (tertiary/aromatic N) is 1. The van der Waals surface area contributed by atoms with Gasteiger partial charge in [-0.3, -0.25) is 9.79 Å². The number of rotatable bonds is 5. The van der Waals surface area contributed by atoms with E-state index in [9.17, 15) is 4.79 Å². The summed E-state index contributed by atoms with van der Waals surface area (Å²) in [7, 11) is 3.32. The van der Waals surface area contributed by atoms with E-state index in [1.54, 1.807) is 14.1 Å². The number of hydrogen-bond acceptors (Lipinski definition) is 3. The van der Waals surface area contributed by atoms with Crippen molar-refractivity contribution in [3.63, 3.8) is 0 Å². The average molecular weight is 250 g/mol. The molecule has 1 aromatic carbocycles. The lowest BCUT2D eigenvalue weighted by atomic mass is 10.0. The molecule has 0 aliphatic carbocycles. The Balaban J connectivity index is 2.88. The second-order valence-electron chi connectivity index (χ2n) is 3.80. The molecule has 0 aromatic heterocycles. The lowest BCUT2D eigenvalue weighted by molar-refractivity contribution is -0.137. The monoisotopic (exact) mass is 250 g/mol. The minimum absolute atomic E-state index is 0.0251. The molecule has 0 bridgehead atoms. The first-order chi connectivity index (χ1) is 8.56. The lowest BCUT2D eigenvalue weighted by Crippen LogP contribution is -2.23. The van der Waals surface area contributed by atoms with E-state index < -0.39 is 5.97 Å². The number of benzene rings is 1. The molecule has 0 saturated heterocycles. The van der Waals surface area contributed by atoms with Gasteiger partial charge in [0.25, 0.3) is 0 Å². The van der Waals surface area contributed by atoms with Gasteiger partial charge in [-0.1, -0.05) is 12.1 Å². The molecule has 0 radical (unpaired) electrons. The number of aliphatic carboxylic acids is 1. The lowest BCUT2D eigenvalue weighted by Gasteiger charge is -2.15. The van der Waals surface area contributed by atoms with Crippen molar-refractivity contribution in [2.45, 2.75) is 12.5 Å². The van der Waals surface area contributed by atoms with E-state index in [1.165, 1.54) is 0 Å². The Morgan fingerprint density at radius 3 is 2.83 bits per heavy atom. The largest absolute Gasteiger partial charge is 0.481 e. The normalized spacial score (nSPS) is 13.1. The molecular formula is C12H18N4O2. The second kappa shape index (κ2) is 6.61. The van der Waals surface area contributed by atoms with Crippen molar-refractivity contribution in [1.82, 2.24) is 5.32 Å². The highest BCUT2D eigenvalue weighted by Gasteiger charge is 2.13. The summed E-state index contributed by atoms with van der Waals surface area (Å²) in [5, 5.41) is 14.7. The Bertz CT molecular complexity index is 445. The molecule has 0 aliphatic heterocycles.